The van der Waals surface area contributed by atoms with Gasteiger partial charge in [0.15, 0.2) is 5.96 Å². The molecule has 0 aliphatic rings. The number of nitrogens with two attached hydrogens (primary N) is 1. The molecule has 1 aromatic rings. The molecule has 1 rings (SSSR count). The van der Waals surface area contributed by atoms with Crippen LogP contribution in [0, 0.1) is 0 Å². The number of guanidine groups is 1. The second-order valence-corrected chi connectivity index (χ2v) is 4.01. The summed E-state index contributed by atoms with van der Waals surface area (Å²) in [7, 11) is 1.65. The Labute approximate surface area is 126 Å². The number of nitrogens with zero attached hydrogens (tertiary/aromatic N) is 1. The van der Waals surface area contributed by atoms with E-state index in [1.807, 2.05) is 24.3 Å². The van der Waals surface area contributed by atoms with Crippen molar-refractivity contribution in [1.82, 2.24) is 5.32 Å². The molecule has 0 aliphatic carbocycles. The van der Waals surface area contributed by atoms with Crippen molar-refractivity contribution in [2.45, 2.75) is 32.9 Å². The Morgan fingerprint density at radius 2 is 2.22 bits per heavy atom. The highest BCUT2D eigenvalue weighted by atomic mass is 127. The van der Waals surface area contributed by atoms with E-state index in [1.165, 1.54) is 0 Å². The van der Waals surface area contributed by atoms with Crippen LogP contribution in [0.25, 0.3) is 0 Å². The van der Waals surface area contributed by atoms with Gasteiger partial charge in [0.1, 0.15) is 5.75 Å². The van der Waals surface area contributed by atoms with Crippen LogP contribution in [0.15, 0.2) is 29.3 Å². The molecule has 102 valence electrons. The molecule has 0 fully saturated rings. The number of aliphatic imine (C=N–C) groups is 1. The monoisotopic (exact) mass is 363 g/mol. The van der Waals surface area contributed by atoms with Gasteiger partial charge in [0, 0.05) is 6.04 Å². The molecule has 1 unspecified atom stereocenters. The maximum atomic E-state index is 5.78. The molecule has 3 N–H and O–H groups in total. The van der Waals surface area contributed by atoms with Gasteiger partial charge in [-0.1, -0.05) is 19.1 Å². The molecular weight excluding hydrogens is 341 g/mol. The Balaban J connectivity index is 0.00000289. The third kappa shape index (κ3) is 6.09. The predicted octanol–water partition coefficient (Wildman–Crippen LogP) is 2.52. The summed E-state index contributed by atoms with van der Waals surface area (Å²) in [6.45, 7) is 4.74. The van der Waals surface area contributed by atoms with Crippen LogP contribution in [0.1, 0.15) is 25.8 Å². The minimum absolute atomic E-state index is 0. The fourth-order valence-corrected chi connectivity index (χ4v) is 1.35. The van der Waals surface area contributed by atoms with E-state index in [2.05, 4.69) is 24.2 Å². The zero-order valence-corrected chi connectivity index (χ0v) is 13.5. The number of methoxy groups -OCH3 is 1. The summed E-state index contributed by atoms with van der Waals surface area (Å²) in [5, 5.41) is 3.12. The van der Waals surface area contributed by atoms with Crippen LogP contribution in [-0.2, 0) is 6.54 Å². The van der Waals surface area contributed by atoms with Gasteiger partial charge >= 0.3 is 0 Å². The highest BCUT2D eigenvalue weighted by Crippen LogP contribution is 2.12. The summed E-state index contributed by atoms with van der Waals surface area (Å²) in [6, 6.07) is 8.17. The molecule has 0 heterocycles. The second kappa shape index (κ2) is 9.02. The van der Waals surface area contributed by atoms with E-state index < -0.39 is 0 Å². The van der Waals surface area contributed by atoms with Crippen molar-refractivity contribution < 1.29 is 4.74 Å². The average molecular weight is 363 g/mol. The van der Waals surface area contributed by atoms with E-state index in [4.69, 9.17) is 10.5 Å². The lowest BCUT2D eigenvalue weighted by atomic mass is 10.2. The van der Waals surface area contributed by atoms with Crippen molar-refractivity contribution in [3.05, 3.63) is 29.8 Å². The molecule has 0 aliphatic heterocycles. The number of benzene rings is 1. The van der Waals surface area contributed by atoms with Crippen LogP contribution in [-0.4, -0.2) is 19.1 Å². The van der Waals surface area contributed by atoms with Gasteiger partial charge in [0.25, 0.3) is 0 Å². The SMILES string of the molecule is CCC(C)NC(N)=NCc1cccc(OC)c1.I. The Bertz CT molecular complexity index is 382. The molecule has 0 spiro atoms. The summed E-state index contributed by atoms with van der Waals surface area (Å²) in [6.07, 6.45) is 1.02. The van der Waals surface area contributed by atoms with Crippen molar-refractivity contribution in [3.8, 4) is 5.75 Å². The van der Waals surface area contributed by atoms with E-state index in [1.54, 1.807) is 7.11 Å². The summed E-state index contributed by atoms with van der Waals surface area (Å²) < 4.78 is 5.15. The van der Waals surface area contributed by atoms with E-state index in [-0.39, 0.29) is 24.0 Å². The predicted molar refractivity (Wildman–Crippen MR) is 86.6 cm³/mol. The first-order valence-electron chi connectivity index (χ1n) is 5.85. The Hall–Kier alpha value is -0.980. The van der Waals surface area contributed by atoms with Crippen molar-refractivity contribution in [2.24, 2.45) is 10.7 Å². The zero-order chi connectivity index (χ0) is 12.7. The molecule has 0 saturated carbocycles. The number of hydrogen-bond acceptors (Lipinski definition) is 2. The molecule has 1 aromatic carbocycles. The standard InChI is InChI=1S/C13H21N3O.HI/c1-4-10(2)16-13(14)15-9-11-6-5-7-12(8-11)17-3;/h5-8,10H,4,9H2,1-3H3,(H3,14,15,16);1H. The lowest BCUT2D eigenvalue weighted by Gasteiger charge is -2.11. The Morgan fingerprint density at radius 3 is 2.83 bits per heavy atom. The minimum atomic E-state index is 0. The number of nitrogens with one attached hydrogen (secondary N) is 1. The molecule has 0 bridgehead atoms. The van der Waals surface area contributed by atoms with Gasteiger partial charge in [-0.3, -0.25) is 0 Å². The summed E-state index contributed by atoms with van der Waals surface area (Å²) in [5.41, 5.74) is 6.86. The van der Waals surface area contributed by atoms with Crippen LogP contribution in [0.2, 0.25) is 0 Å². The van der Waals surface area contributed by atoms with Crippen LogP contribution >= 0.6 is 24.0 Å². The number of hydrogen-bond donors (Lipinski definition) is 2. The molecule has 0 aromatic heterocycles. The fraction of sp³-hybridized carbons (Fsp3) is 0.462. The normalized spacial score (nSPS) is 12.5. The smallest absolute Gasteiger partial charge is 0.189 e. The fourth-order valence-electron chi connectivity index (χ4n) is 1.35. The van der Waals surface area contributed by atoms with Crippen LogP contribution in [0.4, 0.5) is 0 Å². The van der Waals surface area contributed by atoms with Crippen molar-refractivity contribution >= 4 is 29.9 Å². The lowest BCUT2D eigenvalue weighted by molar-refractivity contribution is 0.414. The minimum Gasteiger partial charge on any atom is -0.497 e. The third-order valence-electron chi connectivity index (χ3n) is 2.57. The van der Waals surface area contributed by atoms with Crippen molar-refractivity contribution in [1.29, 1.82) is 0 Å². The number of halogens is 1. The zero-order valence-electron chi connectivity index (χ0n) is 11.1. The number of rotatable bonds is 5. The maximum absolute atomic E-state index is 5.78. The van der Waals surface area contributed by atoms with Crippen molar-refractivity contribution in [3.63, 3.8) is 0 Å². The Kier molecular flexibility index (Phi) is 8.53. The molecule has 5 heteroatoms. The Morgan fingerprint density at radius 1 is 1.50 bits per heavy atom. The molecule has 0 saturated heterocycles. The highest BCUT2D eigenvalue weighted by molar-refractivity contribution is 14.0. The largest absolute Gasteiger partial charge is 0.497 e. The quantitative estimate of drug-likeness (QED) is 0.480. The molecule has 1 atom stereocenters. The van der Waals surface area contributed by atoms with E-state index in [0.717, 1.165) is 17.7 Å². The molecule has 0 radical (unpaired) electrons. The topological polar surface area (TPSA) is 59.6 Å². The van der Waals surface area contributed by atoms with E-state index >= 15 is 0 Å². The molecule has 18 heavy (non-hydrogen) atoms. The lowest BCUT2D eigenvalue weighted by Crippen LogP contribution is -2.38. The first kappa shape index (κ1) is 17.0. The van der Waals surface area contributed by atoms with Gasteiger partial charge in [0.2, 0.25) is 0 Å². The van der Waals surface area contributed by atoms with Gasteiger partial charge in [-0.15, -0.1) is 24.0 Å². The summed E-state index contributed by atoms with van der Waals surface area (Å²) >= 11 is 0. The molecule has 4 nitrogen and oxygen atoms in total. The first-order valence-corrected chi connectivity index (χ1v) is 5.85. The summed E-state index contributed by atoms with van der Waals surface area (Å²) in [5.74, 6) is 1.33. The van der Waals surface area contributed by atoms with Crippen LogP contribution in [0.3, 0.4) is 0 Å². The second-order valence-electron chi connectivity index (χ2n) is 4.01. The van der Waals surface area contributed by atoms with Gasteiger partial charge in [-0.25, -0.2) is 4.99 Å². The van der Waals surface area contributed by atoms with E-state index in [0.29, 0.717) is 18.5 Å². The van der Waals surface area contributed by atoms with Crippen LogP contribution < -0.4 is 15.8 Å². The van der Waals surface area contributed by atoms with Crippen LogP contribution in [0.5, 0.6) is 5.75 Å². The van der Waals surface area contributed by atoms with Gasteiger partial charge in [-0.05, 0) is 31.0 Å². The molecule has 0 amide bonds. The van der Waals surface area contributed by atoms with E-state index in [9.17, 15) is 0 Å². The van der Waals surface area contributed by atoms with Gasteiger partial charge in [0.05, 0.1) is 13.7 Å². The number of ether oxygens (including phenoxy) is 1. The van der Waals surface area contributed by atoms with Gasteiger partial charge < -0.3 is 15.8 Å². The highest BCUT2D eigenvalue weighted by Gasteiger charge is 1.99. The van der Waals surface area contributed by atoms with Gasteiger partial charge in [-0.2, -0.15) is 0 Å². The summed E-state index contributed by atoms with van der Waals surface area (Å²) in [4.78, 5) is 4.29. The maximum Gasteiger partial charge on any atom is 0.189 e. The van der Waals surface area contributed by atoms with Crippen molar-refractivity contribution in [2.75, 3.05) is 7.11 Å². The average Bonchev–Trinajstić information content (AvgIpc) is 2.36. The molecular formula is C13H22IN3O. The third-order valence-corrected chi connectivity index (χ3v) is 2.57. The first-order chi connectivity index (χ1) is 8.15.